The highest BCUT2D eigenvalue weighted by Crippen LogP contribution is 2.33. The van der Waals surface area contributed by atoms with E-state index in [1.54, 1.807) is 38.1 Å². The minimum atomic E-state index is -1.16. The molecule has 1 aliphatic heterocycles. The maximum atomic E-state index is 12.5. The van der Waals surface area contributed by atoms with E-state index in [2.05, 4.69) is 0 Å². The van der Waals surface area contributed by atoms with Crippen LogP contribution in [0.1, 0.15) is 19.4 Å². The maximum Gasteiger partial charge on any atom is 0.174 e. The molecule has 1 heterocycles. The van der Waals surface area contributed by atoms with Crippen LogP contribution < -0.4 is 5.73 Å². The quantitative estimate of drug-likeness (QED) is 0.795. The predicted octanol–water partition coefficient (Wildman–Crippen LogP) is 0.825. The molecule has 3 atom stereocenters. The fraction of sp³-hybridized carbons (Fsp3) is 0.467. The summed E-state index contributed by atoms with van der Waals surface area (Å²) in [5.74, 6) is -0.342. The van der Waals surface area contributed by atoms with Gasteiger partial charge in [0.15, 0.2) is 11.6 Å². The van der Waals surface area contributed by atoms with Gasteiger partial charge in [0, 0.05) is 0 Å². The third-order valence-corrected chi connectivity index (χ3v) is 4.10. The number of Topliss-reactive ketones (excluding diaryl/α,β-unsaturated/α-hetero) is 2. The molecule has 5 heteroatoms. The lowest BCUT2D eigenvalue weighted by atomic mass is 9.75. The Balaban J connectivity index is 2.12. The van der Waals surface area contributed by atoms with E-state index in [4.69, 9.17) is 10.5 Å². The fourth-order valence-electron chi connectivity index (χ4n) is 2.45. The van der Waals surface area contributed by atoms with Crippen molar-refractivity contribution in [2.45, 2.75) is 32.4 Å². The van der Waals surface area contributed by atoms with E-state index in [1.165, 1.54) is 0 Å². The third kappa shape index (κ3) is 2.46. The first-order chi connectivity index (χ1) is 9.35. The maximum absolute atomic E-state index is 12.5. The molecule has 2 rings (SSSR count). The molecule has 0 radical (unpaired) electrons. The molecule has 1 aromatic carbocycles. The number of nitrogens with two attached hydrogens (primary N) is 1. The van der Waals surface area contributed by atoms with Crippen LogP contribution in [-0.4, -0.2) is 35.4 Å². The summed E-state index contributed by atoms with van der Waals surface area (Å²) in [6.07, 6.45) is -0.123. The lowest BCUT2D eigenvalue weighted by Crippen LogP contribution is -2.49. The lowest BCUT2D eigenvalue weighted by molar-refractivity contribution is -0.139. The molecule has 3 unspecified atom stereocenters. The van der Waals surface area contributed by atoms with Gasteiger partial charge in [0.1, 0.15) is 17.8 Å². The van der Waals surface area contributed by atoms with Crippen LogP contribution >= 0.6 is 0 Å². The van der Waals surface area contributed by atoms with Crippen LogP contribution in [0, 0.1) is 5.41 Å². The first-order valence-corrected chi connectivity index (χ1v) is 6.58. The van der Waals surface area contributed by atoms with Crippen LogP contribution in [0.2, 0.25) is 0 Å². The van der Waals surface area contributed by atoms with Gasteiger partial charge in [-0.3, -0.25) is 9.59 Å². The molecule has 0 saturated carbocycles. The second-order valence-electron chi connectivity index (χ2n) is 5.42. The zero-order chi connectivity index (χ0) is 14.9. The van der Waals surface area contributed by atoms with Crippen molar-refractivity contribution in [3.8, 4) is 5.75 Å². The topological polar surface area (TPSA) is 89.6 Å². The van der Waals surface area contributed by atoms with Gasteiger partial charge in [-0.25, -0.2) is 0 Å². The summed E-state index contributed by atoms with van der Waals surface area (Å²) in [5.41, 5.74) is 5.64. The molecule has 0 aromatic heterocycles. The lowest BCUT2D eigenvalue weighted by Gasteiger charge is -2.27. The van der Waals surface area contributed by atoms with E-state index in [0.717, 1.165) is 5.56 Å². The number of benzene rings is 1. The number of phenols is 1. The molecule has 0 spiro atoms. The Hall–Kier alpha value is -1.72. The average Bonchev–Trinajstić information content (AvgIpc) is 2.69. The van der Waals surface area contributed by atoms with Gasteiger partial charge in [0.05, 0.1) is 12.1 Å². The second-order valence-corrected chi connectivity index (χ2v) is 5.42. The van der Waals surface area contributed by atoms with Crippen molar-refractivity contribution in [1.82, 2.24) is 0 Å². The smallest absolute Gasteiger partial charge is 0.174 e. The fourth-order valence-corrected chi connectivity index (χ4v) is 2.45. The van der Waals surface area contributed by atoms with E-state index in [9.17, 15) is 14.7 Å². The number of ether oxygens (including phenoxy) is 1. The van der Waals surface area contributed by atoms with E-state index < -0.39 is 17.6 Å². The Bertz CT molecular complexity index is 525. The third-order valence-electron chi connectivity index (χ3n) is 4.10. The highest BCUT2D eigenvalue weighted by Gasteiger charge is 2.52. The summed E-state index contributed by atoms with van der Waals surface area (Å²) < 4.78 is 5.26. The van der Waals surface area contributed by atoms with E-state index in [0.29, 0.717) is 6.42 Å². The SMILES string of the molecule is CC1OCC(=O)C1(C)C(=O)C(N)Cc1ccc(O)cc1. The van der Waals surface area contributed by atoms with Crippen LogP contribution in [0.5, 0.6) is 5.75 Å². The van der Waals surface area contributed by atoms with Gasteiger partial charge in [-0.2, -0.15) is 0 Å². The minimum Gasteiger partial charge on any atom is -0.508 e. The van der Waals surface area contributed by atoms with Crippen LogP contribution in [0.4, 0.5) is 0 Å². The number of ketones is 2. The molecule has 1 fully saturated rings. The molecular formula is C15H19NO4. The molecular weight excluding hydrogens is 258 g/mol. The van der Waals surface area contributed by atoms with E-state index in [1.807, 2.05) is 0 Å². The van der Waals surface area contributed by atoms with Crippen molar-refractivity contribution in [2.24, 2.45) is 11.1 Å². The predicted molar refractivity (Wildman–Crippen MR) is 73.3 cm³/mol. The summed E-state index contributed by atoms with van der Waals surface area (Å²) in [4.78, 5) is 24.4. The summed E-state index contributed by atoms with van der Waals surface area (Å²) in [6.45, 7) is 3.29. The largest absolute Gasteiger partial charge is 0.508 e. The van der Waals surface area contributed by atoms with Gasteiger partial charge in [-0.15, -0.1) is 0 Å². The number of hydrogen-bond acceptors (Lipinski definition) is 5. The Labute approximate surface area is 117 Å². The van der Waals surface area contributed by atoms with Crippen molar-refractivity contribution >= 4 is 11.6 Å². The number of hydrogen-bond donors (Lipinski definition) is 2. The minimum absolute atomic E-state index is 0.0324. The molecule has 108 valence electrons. The van der Waals surface area contributed by atoms with Gasteiger partial charge in [0.2, 0.25) is 0 Å². The zero-order valence-electron chi connectivity index (χ0n) is 11.6. The van der Waals surface area contributed by atoms with Crippen molar-refractivity contribution in [3.05, 3.63) is 29.8 Å². The second kappa shape index (κ2) is 5.34. The summed E-state index contributed by atoms with van der Waals surface area (Å²) in [7, 11) is 0. The molecule has 0 amide bonds. The Morgan fingerprint density at radius 1 is 1.50 bits per heavy atom. The van der Waals surface area contributed by atoms with Gasteiger partial charge < -0.3 is 15.6 Å². The van der Waals surface area contributed by atoms with E-state index in [-0.39, 0.29) is 23.9 Å². The molecule has 1 aromatic rings. The molecule has 0 aliphatic carbocycles. The summed E-state index contributed by atoms with van der Waals surface area (Å²) in [5, 5.41) is 9.22. The first-order valence-electron chi connectivity index (χ1n) is 6.58. The number of phenolic OH excluding ortho intramolecular Hbond substituents is 1. The molecule has 3 N–H and O–H groups in total. The zero-order valence-corrected chi connectivity index (χ0v) is 11.6. The average molecular weight is 277 g/mol. The Morgan fingerprint density at radius 3 is 2.60 bits per heavy atom. The molecule has 5 nitrogen and oxygen atoms in total. The molecule has 0 bridgehead atoms. The van der Waals surface area contributed by atoms with Gasteiger partial charge in [-0.1, -0.05) is 12.1 Å². The van der Waals surface area contributed by atoms with Crippen LogP contribution in [0.3, 0.4) is 0 Å². The van der Waals surface area contributed by atoms with E-state index >= 15 is 0 Å². The highest BCUT2D eigenvalue weighted by molar-refractivity contribution is 6.10. The molecule has 1 saturated heterocycles. The van der Waals surface area contributed by atoms with Gasteiger partial charge in [-0.05, 0) is 38.0 Å². The Morgan fingerprint density at radius 2 is 2.10 bits per heavy atom. The van der Waals surface area contributed by atoms with Crippen molar-refractivity contribution < 1.29 is 19.4 Å². The number of aromatic hydroxyl groups is 1. The Kier molecular flexibility index (Phi) is 3.92. The number of carbonyl (C=O) groups is 2. The molecule has 20 heavy (non-hydrogen) atoms. The highest BCUT2D eigenvalue weighted by atomic mass is 16.5. The standard InChI is InChI=1S/C15H19NO4/c1-9-15(2,13(18)8-20-9)14(19)12(16)7-10-3-5-11(17)6-4-10/h3-6,9,12,17H,7-8,16H2,1-2H3. The van der Waals surface area contributed by atoms with Gasteiger partial charge in [0.25, 0.3) is 0 Å². The van der Waals surface area contributed by atoms with Crippen molar-refractivity contribution in [1.29, 1.82) is 0 Å². The van der Waals surface area contributed by atoms with Gasteiger partial charge >= 0.3 is 0 Å². The summed E-state index contributed by atoms with van der Waals surface area (Å²) >= 11 is 0. The number of rotatable bonds is 4. The van der Waals surface area contributed by atoms with Crippen LogP contribution in [0.15, 0.2) is 24.3 Å². The van der Waals surface area contributed by atoms with Crippen molar-refractivity contribution in [2.75, 3.05) is 6.61 Å². The monoisotopic (exact) mass is 277 g/mol. The van der Waals surface area contributed by atoms with Crippen LogP contribution in [0.25, 0.3) is 0 Å². The van der Waals surface area contributed by atoms with Crippen LogP contribution in [-0.2, 0) is 20.7 Å². The normalized spacial score (nSPS) is 27.6. The number of carbonyl (C=O) groups excluding carboxylic acids is 2. The summed E-state index contributed by atoms with van der Waals surface area (Å²) in [6, 6.07) is 5.74. The van der Waals surface area contributed by atoms with Crippen molar-refractivity contribution in [3.63, 3.8) is 0 Å². The first kappa shape index (κ1) is 14.7. The molecule has 1 aliphatic rings.